The largest absolute Gasteiger partial charge is 0.494 e. The topological polar surface area (TPSA) is 89.5 Å². The number of rotatable bonds is 17. The number of ether oxygens (including phenoxy) is 6. The Balaban J connectivity index is 1.40. The number of carbonyl (C=O) groups excluding carboxylic acids is 2. The molecule has 0 saturated heterocycles. The summed E-state index contributed by atoms with van der Waals surface area (Å²) in [6.07, 6.45) is 4.68. The molecule has 8 nitrogen and oxygen atoms in total. The lowest BCUT2D eigenvalue weighted by Gasteiger charge is -2.12. The molecule has 0 bridgehead atoms. The van der Waals surface area contributed by atoms with Gasteiger partial charge in [-0.25, -0.2) is 9.59 Å². The van der Waals surface area contributed by atoms with Crippen LogP contribution in [-0.4, -0.2) is 38.6 Å². The Morgan fingerprint density at radius 1 is 0.707 bits per heavy atom. The monoisotopic (exact) mass is 562 g/mol. The summed E-state index contributed by atoms with van der Waals surface area (Å²) in [6.45, 7) is 10.1. The van der Waals surface area contributed by atoms with E-state index in [9.17, 15) is 9.59 Å². The van der Waals surface area contributed by atoms with Gasteiger partial charge >= 0.3 is 11.9 Å². The molecule has 0 heterocycles. The average molecular weight is 563 g/mol. The van der Waals surface area contributed by atoms with Crippen LogP contribution < -0.4 is 23.7 Å². The van der Waals surface area contributed by atoms with Crippen molar-refractivity contribution >= 4 is 11.9 Å². The zero-order chi connectivity index (χ0) is 29.5. The van der Waals surface area contributed by atoms with Crippen LogP contribution in [0.4, 0.5) is 0 Å². The number of hydrogen-bond donors (Lipinski definition) is 0. The molecule has 0 N–H and O–H groups in total. The number of unbranched alkanes of at least 4 members (excludes halogenated alkanes) is 3. The molecule has 0 aliphatic heterocycles. The maximum absolute atomic E-state index is 12.6. The first-order valence-electron chi connectivity index (χ1n) is 13.7. The Kier molecular flexibility index (Phi) is 12.6. The van der Waals surface area contributed by atoms with Crippen LogP contribution >= 0.6 is 0 Å². The highest BCUT2D eigenvalue weighted by Crippen LogP contribution is 2.25. The van der Waals surface area contributed by atoms with Crippen molar-refractivity contribution in [3.05, 3.63) is 90.0 Å². The van der Waals surface area contributed by atoms with Gasteiger partial charge < -0.3 is 28.4 Å². The van der Waals surface area contributed by atoms with Gasteiger partial charge in [-0.3, -0.25) is 0 Å². The highest BCUT2D eigenvalue weighted by molar-refractivity contribution is 5.91. The molecule has 0 atom stereocenters. The zero-order valence-corrected chi connectivity index (χ0v) is 24.0. The molecule has 0 unspecified atom stereocenters. The molecular weight excluding hydrogens is 524 g/mol. The lowest BCUT2D eigenvalue weighted by Crippen LogP contribution is -2.12. The highest BCUT2D eigenvalue weighted by Gasteiger charge is 2.12. The van der Waals surface area contributed by atoms with Gasteiger partial charge in [0.1, 0.15) is 42.0 Å². The van der Waals surface area contributed by atoms with Crippen LogP contribution in [0.25, 0.3) is 0 Å². The fourth-order valence-electron chi connectivity index (χ4n) is 3.61. The van der Waals surface area contributed by atoms with Gasteiger partial charge in [-0.1, -0.05) is 32.8 Å². The van der Waals surface area contributed by atoms with E-state index >= 15 is 0 Å². The summed E-state index contributed by atoms with van der Waals surface area (Å²) in [5.74, 6) is 2.08. The second-order valence-corrected chi connectivity index (χ2v) is 9.39. The molecule has 0 fully saturated rings. The smallest absolute Gasteiger partial charge is 0.343 e. The molecule has 0 aliphatic carbocycles. The molecule has 3 rings (SSSR count). The Labute approximate surface area is 241 Å². The third-order valence-corrected chi connectivity index (χ3v) is 5.91. The normalized spacial score (nSPS) is 10.4. The predicted octanol–water partition coefficient (Wildman–Crippen LogP) is 7.09. The number of esters is 2. The first-order valence-corrected chi connectivity index (χ1v) is 13.7. The second-order valence-electron chi connectivity index (χ2n) is 9.39. The molecule has 3 aromatic carbocycles. The van der Waals surface area contributed by atoms with Crippen LogP contribution in [0, 0.1) is 6.92 Å². The van der Waals surface area contributed by atoms with Crippen molar-refractivity contribution in [2.75, 3.05) is 26.6 Å². The summed E-state index contributed by atoms with van der Waals surface area (Å²) in [5, 5.41) is 0. The molecule has 3 aromatic rings. The molecule has 0 aliphatic rings. The van der Waals surface area contributed by atoms with Crippen molar-refractivity contribution in [2.24, 2.45) is 0 Å². The van der Waals surface area contributed by atoms with Crippen LogP contribution in [0.2, 0.25) is 0 Å². The maximum Gasteiger partial charge on any atom is 0.343 e. The number of carbonyl (C=O) groups is 2. The van der Waals surface area contributed by atoms with Gasteiger partial charge in [0.25, 0.3) is 0 Å². The van der Waals surface area contributed by atoms with E-state index in [4.69, 9.17) is 28.4 Å². The Bertz CT molecular complexity index is 1270. The second kappa shape index (κ2) is 16.6. The van der Waals surface area contributed by atoms with Crippen molar-refractivity contribution in [3.63, 3.8) is 0 Å². The lowest BCUT2D eigenvalue weighted by atomic mass is 10.2. The molecule has 0 radical (unpaired) electrons. The quantitative estimate of drug-likeness (QED) is 0.0567. The van der Waals surface area contributed by atoms with Gasteiger partial charge in [-0.05, 0) is 92.6 Å². The third kappa shape index (κ3) is 10.9. The van der Waals surface area contributed by atoms with Crippen molar-refractivity contribution in [1.29, 1.82) is 0 Å². The van der Waals surface area contributed by atoms with E-state index in [-0.39, 0.29) is 20.0 Å². The van der Waals surface area contributed by atoms with Gasteiger partial charge in [-0.2, -0.15) is 0 Å². The minimum Gasteiger partial charge on any atom is -0.494 e. The first-order chi connectivity index (χ1) is 19.9. The summed E-state index contributed by atoms with van der Waals surface area (Å²) in [7, 11) is 0. The predicted molar refractivity (Wildman–Crippen MR) is 156 cm³/mol. The van der Waals surface area contributed by atoms with Crippen molar-refractivity contribution < 1.29 is 38.0 Å². The van der Waals surface area contributed by atoms with E-state index in [1.54, 1.807) is 49.4 Å². The van der Waals surface area contributed by atoms with E-state index in [1.165, 1.54) is 19.3 Å². The molecule has 218 valence electrons. The van der Waals surface area contributed by atoms with Crippen molar-refractivity contribution in [2.45, 2.75) is 46.5 Å². The highest BCUT2D eigenvalue weighted by atomic mass is 16.7. The molecule has 0 spiro atoms. The summed E-state index contributed by atoms with van der Waals surface area (Å²) >= 11 is 0. The van der Waals surface area contributed by atoms with Crippen LogP contribution in [0.5, 0.6) is 28.7 Å². The van der Waals surface area contributed by atoms with Crippen LogP contribution in [-0.2, 0) is 9.53 Å². The molecule has 0 saturated carbocycles. The van der Waals surface area contributed by atoms with Crippen LogP contribution in [0.3, 0.4) is 0 Å². The lowest BCUT2D eigenvalue weighted by molar-refractivity contribution is -0.139. The van der Waals surface area contributed by atoms with Gasteiger partial charge in [-0.15, -0.1) is 0 Å². The van der Waals surface area contributed by atoms with E-state index in [0.717, 1.165) is 17.7 Å². The number of benzene rings is 3. The summed E-state index contributed by atoms with van der Waals surface area (Å²) < 4.78 is 33.2. The van der Waals surface area contributed by atoms with Gasteiger partial charge in [0.15, 0.2) is 0 Å². The van der Waals surface area contributed by atoms with Crippen LogP contribution in [0.15, 0.2) is 78.9 Å². The molecule has 0 aromatic heterocycles. The fraction of sp³-hybridized carbons (Fsp3) is 0.333. The minimum atomic E-state index is -0.500. The van der Waals surface area contributed by atoms with Gasteiger partial charge in [0.2, 0.25) is 6.79 Å². The van der Waals surface area contributed by atoms with E-state index in [2.05, 4.69) is 13.5 Å². The third-order valence-electron chi connectivity index (χ3n) is 5.91. The minimum absolute atomic E-state index is 0.0283. The summed E-state index contributed by atoms with van der Waals surface area (Å²) in [5.41, 5.74) is 1.43. The number of aryl methyl sites for hydroxylation is 1. The Morgan fingerprint density at radius 3 is 1.93 bits per heavy atom. The number of hydrogen-bond acceptors (Lipinski definition) is 8. The molecule has 8 heteroatoms. The van der Waals surface area contributed by atoms with Gasteiger partial charge in [0, 0.05) is 5.57 Å². The molecule has 0 amide bonds. The zero-order valence-electron chi connectivity index (χ0n) is 24.0. The summed E-state index contributed by atoms with van der Waals surface area (Å²) in [4.78, 5) is 24.0. The van der Waals surface area contributed by atoms with Gasteiger partial charge in [0.05, 0.1) is 12.2 Å². The van der Waals surface area contributed by atoms with Crippen LogP contribution in [0.1, 0.15) is 55.5 Å². The first kappa shape index (κ1) is 31.1. The van der Waals surface area contributed by atoms with E-state index in [1.807, 2.05) is 31.2 Å². The average Bonchev–Trinajstić information content (AvgIpc) is 2.97. The Hall–Kier alpha value is -4.46. The van der Waals surface area contributed by atoms with E-state index in [0.29, 0.717) is 40.7 Å². The fourth-order valence-corrected chi connectivity index (χ4v) is 3.61. The summed E-state index contributed by atoms with van der Waals surface area (Å²) in [6, 6.07) is 19.1. The maximum atomic E-state index is 12.6. The molecular formula is C33H38O8. The standard InChI is InChI=1S/C33H38O8/c1-5-6-7-8-19-36-28-13-15-29(16-14-28)39-23-40-30-17-18-31(25(4)22-30)41-33(35)26-9-11-27(12-10-26)37-20-21-38-32(34)24(2)3/h9-18,22H,2,5-8,19-21,23H2,1,3-4H3. The van der Waals surface area contributed by atoms with Crippen molar-refractivity contribution in [3.8, 4) is 28.7 Å². The molecule has 41 heavy (non-hydrogen) atoms. The van der Waals surface area contributed by atoms with E-state index < -0.39 is 11.9 Å². The van der Waals surface area contributed by atoms with Crippen molar-refractivity contribution in [1.82, 2.24) is 0 Å². The Morgan fingerprint density at radius 2 is 1.29 bits per heavy atom. The SMILES string of the molecule is C=C(C)C(=O)OCCOc1ccc(C(=O)Oc2ccc(OCOc3ccc(OCCCCCC)cc3)cc2C)cc1.